The third-order valence-corrected chi connectivity index (χ3v) is 3.73. The lowest BCUT2D eigenvalue weighted by atomic mass is 10.5. The van der Waals surface area contributed by atoms with Gasteiger partial charge in [0.25, 0.3) is 10.0 Å². The third-order valence-electron chi connectivity index (χ3n) is 2.36. The number of aromatic carboxylic acids is 1. The van der Waals surface area contributed by atoms with Gasteiger partial charge in [0.1, 0.15) is 5.82 Å². The molecule has 0 aromatic carbocycles. The molecule has 2 aromatic rings. The number of aryl methyl sites for hydroxylation is 1. The zero-order chi connectivity index (χ0) is 14.8. The van der Waals surface area contributed by atoms with Crippen molar-refractivity contribution in [1.29, 1.82) is 0 Å². The van der Waals surface area contributed by atoms with E-state index in [1.807, 2.05) is 0 Å². The number of rotatable bonds is 6. The Hall–Kier alpha value is -2.27. The van der Waals surface area contributed by atoms with E-state index >= 15 is 0 Å². The molecule has 108 valence electrons. The molecule has 0 aliphatic heterocycles. The van der Waals surface area contributed by atoms with E-state index in [0.717, 1.165) is 0 Å². The van der Waals surface area contributed by atoms with Gasteiger partial charge in [0.05, 0.1) is 18.9 Å². The molecule has 0 aliphatic rings. The second kappa shape index (κ2) is 5.38. The molecule has 0 amide bonds. The van der Waals surface area contributed by atoms with E-state index in [1.165, 1.54) is 17.1 Å². The maximum atomic E-state index is 11.8. The fourth-order valence-corrected chi connectivity index (χ4v) is 2.40. The van der Waals surface area contributed by atoms with E-state index in [9.17, 15) is 13.2 Å². The van der Waals surface area contributed by atoms with Gasteiger partial charge in [-0.2, -0.15) is 0 Å². The first-order valence-electron chi connectivity index (χ1n) is 5.53. The minimum atomic E-state index is -3.67. The van der Waals surface area contributed by atoms with Gasteiger partial charge in [-0.15, -0.1) is 5.10 Å². The molecule has 2 rings (SSSR count). The van der Waals surface area contributed by atoms with E-state index in [-0.39, 0.29) is 23.8 Å². The Balaban J connectivity index is 1.93. The quantitative estimate of drug-likeness (QED) is 0.620. The SMILES string of the molecule is Cc1ncc(S(=O)(=O)NCCn2cc(C(=O)O)nn2)[nH]1. The number of nitrogens with one attached hydrogen (secondary N) is 2. The number of nitrogens with zero attached hydrogens (tertiary/aromatic N) is 4. The summed E-state index contributed by atoms with van der Waals surface area (Å²) in [6, 6.07) is 0. The highest BCUT2D eigenvalue weighted by molar-refractivity contribution is 7.89. The fraction of sp³-hybridized carbons (Fsp3) is 0.333. The summed E-state index contributed by atoms with van der Waals surface area (Å²) in [5.41, 5.74) is -0.197. The lowest BCUT2D eigenvalue weighted by molar-refractivity contribution is 0.0690. The van der Waals surface area contributed by atoms with Crippen LogP contribution in [0, 0.1) is 6.92 Å². The summed E-state index contributed by atoms with van der Waals surface area (Å²) in [5, 5.41) is 15.6. The number of sulfonamides is 1. The van der Waals surface area contributed by atoms with E-state index in [2.05, 4.69) is 25.0 Å². The molecule has 2 aromatic heterocycles. The molecule has 0 radical (unpaired) electrons. The molecular formula is C9H12N6O4S. The first-order valence-corrected chi connectivity index (χ1v) is 7.01. The first-order chi connectivity index (χ1) is 9.38. The Bertz CT molecular complexity index is 718. The van der Waals surface area contributed by atoms with Gasteiger partial charge in [0.15, 0.2) is 10.7 Å². The van der Waals surface area contributed by atoms with E-state index in [0.29, 0.717) is 5.82 Å². The fourth-order valence-electron chi connectivity index (χ4n) is 1.41. The van der Waals surface area contributed by atoms with Crippen LogP contribution >= 0.6 is 0 Å². The lowest BCUT2D eigenvalue weighted by Gasteiger charge is -2.04. The highest BCUT2D eigenvalue weighted by Gasteiger charge is 2.16. The molecule has 10 nitrogen and oxygen atoms in total. The topological polar surface area (TPSA) is 143 Å². The highest BCUT2D eigenvalue weighted by atomic mass is 32.2. The average Bonchev–Trinajstić information content (AvgIpc) is 2.98. The largest absolute Gasteiger partial charge is 0.476 e. The maximum Gasteiger partial charge on any atom is 0.358 e. The van der Waals surface area contributed by atoms with Crippen LogP contribution in [0.15, 0.2) is 17.4 Å². The summed E-state index contributed by atoms with van der Waals surface area (Å²) in [5.74, 6) is -0.697. The number of carbonyl (C=O) groups is 1. The molecule has 0 unspecified atom stereocenters. The number of imidazole rings is 1. The molecule has 2 heterocycles. The third kappa shape index (κ3) is 3.19. The van der Waals surface area contributed by atoms with Crippen LogP contribution in [0.2, 0.25) is 0 Å². The van der Waals surface area contributed by atoms with Crippen LogP contribution in [0.3, 0.4) is 0 Å². The predicted octanol–water partition coefficient (Wildman–Crippen LogP) is -1.01. The molecule has 0 spiro atoms. The lowest BCUT2D eigenvalue weighted by Crippen LogP contribution is -2.27. The normalized spacial score (nSPS) is 11.7. The molecular weight excluding hydrogens is 288 g/mol. The van der Waals surface area contributed by atoms with Crippen LogP contribution in [0.4, 0.5) is 0 Å². The summed E-state index contributed by atoms with van der Waals surface area (Å²) in [4.78, 5) is 17.0. The van der Waals surface area contributed by atoms with Crippen molar-refractivity contribution in [3.8, 4) is 0 Å². The van der Waals surface area contributed by atoms with Gasteiger partial charge in [-0.05, 0) is 6.92 Å². The predicted molar refractivity (Wildman–Crippen MR) is 65.5 cm³/mol. The Labute approximate surface area is 113 Å². The number of carboxylic acids is 1. The molecule has 11 heteroatoms. The Morgan fingerprint density at radius 3 is 2.85 bits per heavy atom. The second-order valence-electron chi connectivity index (χ2n) is 3.90. The van der Waals surface area contributed by atoms with Gasteiger partial charge < -0.3 is 10.1 Å². The smallest absolute Gasteiger partial charge is 0.358 e. The van der Waals surface area contributed by atoms with Gasteiger partial charge in [-0.3, -0.25) is 4.68 Å². The van der Waals surface area contributed by atoms with Crippen LogP contribution in [-0.4, -0.2) is 51.0 Å². The maximum absolute atomic E-state index is 11.8. The zero-order valence-electron chi connectivity index (χ0n) is 10.4. The number of hydrogen-bond acceptors (Lipinski definition) is 6. The van der Waals surface area contributed by atoms with Gasteiger partial charge in [-0.1, -0.05) is 5.21 Å². The number of aromatic amines is 1. The van der Waals surface area contributed by atoms with Crippen molar-refractivity contribution in [2.45, 2.75) is 18.5 Å². The van der Waals surface area contributed by atoms with Crippen LogP contribution in [0.5, 0.6) is 0 Å². The van der Waals surface area contributed by atoms with Crippen LogP contribution in [0.1, 0.15) is 16.3 Å². The van der Waals surface area contributed by atoms with Gasteiger partial charge in [-0.25, -0.2) is 22.9 Å². The summed E-state index contributed by atoms with van der Waals surface area (Å²) in [6.07, 6.45) is 2.44. The molecule has 0 saturated heterocycles. The molecule has 0 bridgehead atoms. The van der Waals surface area contributed by atoms with Crippen LogP contribution in [0.25, 0.3) is 0 Å². The van der Waals surface area contributed by atoms with Gasteiger partial charge in [0, 0.05) is 6.54 Å². The number of H-pyrrole nitrogens is 1. The monoisotopic (exact) mass is 300 g/mol. The van der Waals surface area contributed by atoms with Crippen LogP contribution < -0.4 is 4.72 Å². The Kier molecular flexibility index (Phi) is 3.81. The summed E-state index contributed by atoms with van der Waals surface area (Å²) >= 11 is 0. The summed E-state index contributed by atoms with van der Waals surface area (Å²) in [7, 11) is -3.67. The summed E-state index contributed by atoms with van der Waals surface area (Å²) < 4.78 is 27.2. The van der Waals surface area contributed by atoms with Crippen LogP contribution in [-0.2, 0) is 16.6 Å². The standard InChI is InChI=1S/C9H12N6O4S/c1-6-10-4-8(12-6)20(18,19)11-2-3-15-5-7(9(16)17)13-14-15/h4-5,11H,2-3H2,1H3,(H,10,12)(H,16,17). The molecule has 0 fully saturated rings. The Morgan fingerprint density at radius 1 is 1.55 bits per heavy atom. The van der Waals surface area contributed by atoms with Crippen molar-refractivity contribution in [1.82, 2.24) is 29.7 Å². The van der Waals surface area contributed by atoms with Crippen molar-refractivity contribution >= 4 is 16.0 Å². The zero-order valence-corrected chi connectivity index (χ0v) is 11.3. The van der Waals surface area contributed by atoms with Crippen molar-refractivity contribution in [2.24, 2.45) is 0 Å². The first kappa shape index (κ1) is 14.1. The molecule has 0 aliphatic carbocycles. The van der Waals surface area contributed by atoms with E-state index in [1.54, 1.807) is 6.92 Å². The van der Waals surface area contributed by atoms with E-state index < -0.39 is 16.0 Å². The number of hydrogen-bond donors (Lipinski definition) is 3. The van der Waals surface area contributed by atoms with Crippen molar-refractivity contribution in [2.75, 3.05) is 6.54 Å². The second-order valence-corrected chi connectivity index (χ2v) is 5.64. The number of carboxylic acid groups (broad SMARTS) is 1. The Morgan fingerprint density at radius 2 is 2.30 bits per heavy atom. The molecule has 0 saturated carbocycles. The highest BCUT2D eigenvalue weighted by Crippen LogP contribution is 2.04. The van der Waals surface area contributed by atoms with Crippen molar-refractivity contribution < 1.29 is 18.3 Å². The van der Waals surface area contributed by atoms with Gasteiger partial charge >= 0.3 is 5.97 Å². The van der Waals surface area contributed by atoms with Gasteiger partial charge in [0.2, 0.25) is 0 Å². The van der Waals surface area contributed by atoms with Crippen molar-refractivity contribution in [3.05, 3.63) is 23.9 Å². The average molecular weight is 300 g/mol. The van der Waals surface area contributed by atoms with Crippen molar-refractivity contribution in [3.63, 3.8) is 0 Å². The minimum absolute atomic E-state index is 0.0279. The van der Waals surface area contributed by atoms with E-state index in [4.69, 9.17) is 5.11 Å². The minimum Gasteiger partial charge on any atom is -0.476 e. The number of aromatic nitrogens is 5. The molecule has 0 atom stereocenters. The molecule has 20 heavy (non-hydrogen) atoms. The summed E-state index contributed by atoms with van der Waals surface area (Å²) in [6.45, 7) is 1.84. The molecule has 3 N–H and O–H groups in total.